The third-order valence-corrected chi connectivity index (χ3v) is 6.83. The minimum absolute atomic E-state index is 0.212. The van der Waals surface area contributed by atoms with E-state index < -0.39 is 12.1 Å². The van der Waals surface area contributed by atoms with Crippen molar-refractivity contribution in [1.29, 1.82) is 0 Å². The highest BCUT2D eigenvalue weighted by Gasteiger charge is 2.38. The van der Waals surface area contributed by atoms with Crippen LogP contribution in [0.5, 0.6) is 0 Å². The molecule has 3 N–H and O–H groups in total. The first-order chi connectivity index (χ1) is 16.3. The number of alkyl halides is 3. The van der Waals surface area contributed by atoms with E-state index in [2.05, 4.69) is 82.7 Å². The summed E-state index contributed by atoms with van der Waals surface area (Å²) in [6.45, 7) is 2.20. The summed E-state index contributed by atoms with van der Waals surface area (Å²) < 4.78 is 33.1. The first-order valence-corrected chi connectivity index (χ1v) is 11.9. The van der Waals surface area contributed by atoms with Gasteiger partial charge in [-0.3, -0.25) is 0 Å². The van der Waals surface area contributed by atoms with Crippen LogP contribution in [0.4, 0.5) is 13.2 Å². The number of fused-ring (bicyclic) bond motifs is 2. The lowest BCUT2D eigenvalue weighted by molar-refractivity contribution is -0.192. The highest BCUT2D eigenvalue weighted by Crippen LogP contribution is 2.32. The fraction of sp³-hybridized carbons (Fsp3) is 0.269. The fourth-order valence-electron chi connectivity index (χ4n) is 4.26. The zero-order chi connectivity index (χ0) is 24.1. The zero-order valence-corrected chi connectivity index (χ0v) is 19.1. The molecule has 1 atom stereocenters. The molecule has 1 fully saturated rings. The maximum Gasteiger partial charge on any atom is 0.490 e. The number of nitrogens with one attached hydrogen (secondary N) is 2. The smallest absolute Gasteiger partial charge is 0.475 e. The maximum absolute atomic E-state index is 10.6. The van der Waals surface area contributed by atoms with Gasteiger partial charge in [0.2, 0.25) is 0 Å². The van der Waals surface area contributed by atoms with Crippen LogP contribution in [0.25, 0.3) is 20.9 Å². The molecule has 0 aliphatic carbocycles. The Balaban J connectivity index is 0.000000344. The van der Waals surface area contributed by atoms with E-state index in [0.29, 0.717) is 6.04 Å². The Morgan fingerprint density at radius 1 is 1.00 bits per heavy atom. The first-order valence-electron chi connectivity index (χ1n) is 11.0. The van der Waals surface area contributed by atoms with E-state index in [9.17, 15) is 13.2 Å². The minimum Gasteiger partial charge on any atom is -0.475 e. The normalized spacial score (nSPS) is 15.6. The molecule has 8 heteroatoms. The zero-order valence-electron chi connectivity index (χ0n) is 18.3. The predicted octanol–water partition coefficient (Wildman–Crippen LogP) is 6.12. The Bertz CT molecular complexity index is 1260. The lowest BCUT2D eigenvalue weighted by Crippen LogP contribution is -2.41. The second kappa shape index (κ2) is 10.5. The van der Waals surface area contributed by atoms with Crippen molar-refractivity contribution >= 4 is 38.2 Å². The third-order valence-electron chi connectivity index (χ3n) is 5.93. The molecule has 0 bridgehead atoms. The number of piperidine rings is 1. The summed E-state index contributed by atoms with van der Waals surface area (Å²) in [5, 5.41) is 20.8. The molecule has 0 spiro atoms. The van der Waals surface area contributed by atoms with Crippen LogP contribution in [0.1, 0.15) is 30.0 Å². The Morgan fingerprint density at radius 2 is 1.71 bits per heavy atom. The van der Waals surface area contributed by atoms with Crippen molar-refractivity contribution in [3.8, 4) is 0 Å². The molecule has 1 unspecified atom stereocenters. The van der Waals surface area contributed by atoms with Gasteiger partial charge in [0.05, 0.1) is 6.04 Å². The van der Waals surface area contributed by atoms with E-state index >= 15 is 0 Å². The van der Waals surface area contributed by atoms with E-state index in [0.717, 1.165) is 13.1 Å². The molecule has 0 amide bonds. The molecule has 1 aliphatic rings. The SMILES string of the molecule is O=C(O)C(F)(F)F.c1ccc2c(C(NC3CCNCC3)c3ccc4sccc4c3)cccc2c1. The molecule has 0 saturated carbocycles. The van der Waals surface area contributed by atoms with Crippen molar-refractivity contribution in [2.24, 2.45) is 0 Å². The van der Waals surface area contributed by atoms with Gasteiger partial charge in [-0.15, -0.1) is 11.3 Å². The minimum atomic E-state index is -5.08. The maximum atomic E-state index is 10.6. The van der Waals surface area contributed by atoms with Crippen molar-refractivity contribution in [2.75, 3.05) is 13.1 Å². The summed E-state index contributed by atoms with van der Waals surface area (Å²) in [6.07, 6.45) is -2.72. The van der Waals surface area contributed by atoms with Crippen molar-refractivity contribution in [1.82, 2.24) is 10.6 Å². The van der Waals surface area contributed by atoms with Crippen molar-refractivity contribution in [3.05, 3.63) is 83.2 Å². The number of hydrogen-bond donors (Lipinski definition) is 3. The predicted molar refractivity (Wildman–Crippen MR) is 130 cm³/mol. The monoisotopic (exact) mass is 486 g/mol. The molecule has 1 aliphatic heterocycles. The van der Waals surface area contributed by atoms with Crippen molar-refractivity contribution in [2.45, 2.75) is 31.1 Å². The number of rotatable bonds is 4. The summed E-state index contributed by atoms with van der Waals surface area (Å²) in [7, 11) is 0. The summed E-state index contributed by atoms with van der Waals surface area (Å²) >= 11 is 1.81. The number of aliphatic carboxylic acids is 1. The molecule has 5 rings (SSSR count). The van der Waals surface area contributed by atoms with Gasteiger partial charge in [-0.1, -0.05) is 48.5 Å². The first kappa shape index (κ1) is 24.2. The summed E-state index contributed by atoms with van der Waals surface area (Å²) in [5.74, 6) is -2.76. The average Bonchev–Trinajstić information content (AvgIpc) is 3.31. The molecular weight excluding hydrogens is 461 g/mol. The fourth-order valence-corrected chi connectivity index (χ4v) is 5.03. The second-order valence-corrected chi connectivity index (χ2v) is 9.16. The molecule has 34 heavy (non-hydrogen) atoms. The summed E-state index contributed by atoms with van der Waals surface area (Å²) in [5.41, 5.74) is 2.73. The molecular formula is C26H25F3N2O2S. The average molecular weight is 487 g/mol. The number of halogens is 3. The number of thiophene rings is 1. The number of hydrogen-bond acceptors (Lipinski definition) is 4. The van der Waals surface area contributed by atoms with Crippen LogP contribution in [0.3, 0.4) is 0 Å². The van der Waals surface area contributed by atoms with Crippen molar-refractivity contribution in [3.63, 3.8) is 0 Å². The number of carbonyl (C=O) groups is 1. The van der Waals surface area contributed by atoms with Gasteiger partial charge in [0.15, 0.2) is 0 Å². The van der Waals surface area contributed by atoms with Gasteiger partial charge >= 0.3 is 12.1 Å². The van der Waals surface area contributed by atoms with Crippen molar-refractivity contribution < 1.29 is 23.1 Å². The highest BCUT2D eigenvalue weighted by molar-refractivity contribution is 7.17. The van der Waals surface area contributed by atoms with Crippen LogP contribution in [0, 0.1) is 0 Å². The Hall–Kier alpha value is -2.94. The summed E-state index contributed by atoms with van der Waals surface area (Å²) in [6, 6.07) is 25.4. The molecule has 0 radical (unpaired) electrons. The van der Waals surface area contributed by atoms with E-state index in [1.54, 1.807) is 0 Å². The Morgan fingerprint density at radius 3 is 2.44 bits per heavy atom. The number of benzene rings is 3. The summed E-state index contributed by atoms with van der Waals surface area (Å²) in [4.78, 5) is 8.90. The molecule has 178 valence electrons. The Labute approximate surface area is 199 Å². The number of carboxylic acids is 1. The van der Waals surface area contributed by atoms with Crippen LogP contribution in [-0.2, 0) is 4.79 Å². The van der Waals surface area contributed by atoms with E-state index in [1.165, 1.54) is 44.8 Å². The molecule has 1 aromatic heterocycles. The van der Waals surface area contributed by atoms with Crippen LogP contribution >= 0.6 is 11.3 Å². The Kier molecular flexibility index (Phi) is 7.50. The van der Waals surface area contributed by atoms with E-state index in [-0.39, 0.29) is 6.04 Å². The van der Waals surface area contributed by atoms with E-state index in [4.69, 9.17) is 9.90 Å². The van der Waals surface area contributed by atoms with Gasteiger partial charge in [0.1, 0.15) is 0 Å². The molecule has 3 aromatic carbocycles. The number of carboxylic acid groups (broad SMARTS) is 1. The standard InChI is InChI=1S/C24H24N2S.C2HF3O2/c1-2-6-21-17(4-1)5-3-7-22(21)24(26-20-10-13-25-14-11-20)19-8-9-23-18(16-19)12-15-27-23;3-2(4,5)1(6)7/h1-9,12,15-16,20,24-26H,10-11,13-14H2;(H,6,7). The topological polar surface area (TPSA) is 61.4 Å². The molecule has 2 heterocycles. The van der Waals surface area contributed by atoms with Crippen LogP contribution in [0.2, 0.25) is 0 Å². The lowest BCUT2D eigenvalue weighted by atomic mass is 9.91. The highest BCUT2D eigenvalue weighted by atomic mass is 32.1. The molecule has 4 nitrogen and oxygen atoms in total. The van der Waals surface area contributed by atoms with E-state index in [1.807, 2.05) is 11.3 Å². The third kappa shape index (κ3) is 5.75. The van der Waals surface area contributed by atoms with Crippen LogP contribution < -0.4 is 10.6 Å². The van der Waals surface area contributed by atoms with Gasteiger partial charge in [-0.25, -0.2) is 4.79 Å². The van der Waals surface area contributed by atoms with Crippen LogP contribution in [0.15, 0.2) is 72.1 Å². The largest absolute Gasteiger partial charge is 0.490 e. The van der Waals surface area contributed by atoms with Gasteiger partial charge in [-0.2, -0.15) is 13.2 Å². The van der Waals surface area contributed by atoms with Gasteiger partial charge in [-0.05, 0) is 76.8 Å². The van der Waals surface area contributed by atoms with Gasteiger partial charge in [0.25, 0.3) is 0 Å². The van der Waals surface area contributed by atoms with Crippen LogP contribution in [-0.4, -0.2) is 36.4 Å². The lowest BCUT2D eigenvalue weighted by Gasteiger charge is -2.30. The van der Waals surface area contributed by atoms with Gasteiger partial charge in [0, 0.05) is 10.7 Å². The second-order valence-electron chi connectivity index (χ2n) is 8.21. The quantitative estimate of drug-likeness (QED) is 0.325. The molecule has 4 aromatic rings. The van der Waals surface area contributed by atoms with Gasteiger partial charge < -0.3 is 15.7 Å². The molecule has 1 saturated heterocycles.